The Morgan fingerprint density at radius 3 is 1.84 bits per heavy atom. The molecule has 0 spiro atoms. The number of halogens is 1. The van der Waals surface area contributed by atoms with Gasteiger partial charge in [0, 0.05) is 5.56 Å². The quantitative estimate of drug-likeness (QED) is 0.0624. The normalized spacial score (nSPS) is 10.8. The number of aliphatic hydroxyl groups excluding tert-OH is 1. The van der Waals surface area contributed by atoms with Crippen molar-refractivity contribution in [2.45, 2.75) is 45.4 Å². The lowest BCUT2D eigenvalue weighted by Gasteiger charge is -2.16. The van der Waals surface area contributed by atoms with Crippen molar-refractivity contribution in [2.75, 3.05) is 6.61 Å². The summed E-state index contributed by atoms with van der Waals surface area (Å²) in [5, 5.41) is 21.2. The van der Waals surface area contributed by atoms with Gasteiger partial charge in [-0.25, -0.2) is 19.3 Å². The number of hydrogen-bond donors (Lipinski definition) is 2. The van der Waals surface area contributed by atoms with Gasteiger partial charge in [0.15, 0.2) is 11.5 Å². The average molecular weight is 587 g/mol. The topological polar surface area (TPSA) is 94.5 Å². The van der Waals surface area contributed by atoms with Crippen LogP contribution in [0.15, 0.2) is 97.1 Å². The average Bonchev–Trinajstić information content (AvgIpc) is 3.04. The van der Waals surface area contributed by atoms with E-state index in [0.29, 0.717) is 34.6 Å². The molecule has 0 aliphatic carbocycles. The monoisotopic (exact) mass is 586 g/mol. The highest BCUT2D eigenvalue weighted by Gasteiger charge is 2.17. The Morgan fingerprint density at radius 2 is 1.23 bits per heavy atom. The van der Waals surface area contributed by atoms with Crippen molar-refractivity contribution in [2.24, 2.45) is 0 Å². The van der Waals surface area contributed by atoms with Crippen LogP contribution in [0.4, 0.5) is 4.39 Å². The molecule has 0 heterocycles. The third-order valence-corrected chi connectivity index (χ3v) is 7.15. The number of benzene rings is 4. The van der Waals surface area contributed by atoms with Gasteiger partial charge in [-0.1, -0.05) is 99.8 Å². The molecule has 0 unspecified atom stereocenters. The number of hydrogen-bond acceptors (Lipinski definition) is 7. The third-order valence-electron chi connectivity index (χ3n) is 7.15. The third kappa shape index (κ3) is 8.29. The van der Waals surface area contributed by atoms with E-state index < -0.39 is 12.6 Å². The maximum absolute atomic E-state index is 16.1. The smallest absolute Gasteiger partial charge is 0.383 e. The van der Waals surface area contributed by atoms with E-state index in [1.54, 1.807) is 42.5 Å². The Labute approximate surface area is 250 Å². The molecule has 0 radical (unpaired) electrons. The Hall–Kier alpha value is -4.50. The minimum atomic E-state index is -0.840. The molecule has 4 aromatic rings. The second kappa shape index (κ2) is 15.7. The van der Waals surface area contributed by atoms with Crippen molar-refractivity contribution < 1.29 is 39.2 Å². The fourth-order valence-electron chi connectivity index (χ4n) is 4.75. The molecule has 0 amide bonds. The standard InChI is InChI=1S/C35H35FO7/c1-3-4-5-6-7-8-33-31(21-22-32(34(33)36)28-15-19-30(20-16-28)41-43-39)27-11-9-25(10-12-27)26-13-17-29(18-14-26)40-42-35(38)24(2)23-37/h9-22,37,39H,2-8,23H2,1H3. The van der Waals surface area contributed by atoms with Crippen molar-refractivity contribution in [3.63, 3.8) is 0 Å². The summed E-state index contributed by atoms with van der Waals surface area (Å²) in [5.41, 5.74) is 5.40. The summed E-state index contributed by atoms with van der Waals surface area (Å²) in [6.07, 6.45) is 5.99. The molecule has 0 bridgehead atoms. The largest absolute Gasteiger partial charge is 0.391 e. The molecule has 0 atom stereocenters. The summed E-state index contributed by atoms with van der Waals surface area (Å²) in [4.78, 5) is 25.9. The minimum Gasteiger partial charge on any atom is -0.391 e. The van der Waals surface area contributed by atoms with Crippen LogP contribution in [0.25, 0.3) is 33.4 Å². The zero-order valence-corrected chi connectivity index (χ0v) is 24.1. The molecule has 0 aliphatic heterocycles. The van der Waals surface area contributed by atoms with Gasteiger partial charge < -0.3 is 9.99 Å². The lowest BCUT2D eigenvalue weighted by atomic mass is 9.90. The first-order valence-corrected chi connectivity index (χ1v) is 14.2. The van der Waals surface area contributed by atoms with Crippen molar-refractivity contribution in [1.29, 1.82) is 0 Å². The number of rotatable bonds is 15. The highest BCUT2D eigenvalue weighted by molar-refractivity contribution is 5.87. The van der Waals surface area contributed by atoms with Gasteiger partial charge >= 0.3 is 5.97 Å². The van der Waals surface area contributed by atoms with E-state index in [2.05, 4.69) is 28.3 Å². The molecule has 0 aromatic heterocycles. The first-order valence-electron chi connectivity index (χ1n) is 14.2. The molecule has 0 fully saturated rings. The molecule has 0 saturated carbocycles. The number of carbonyl (C=O) groups is 1. The highest BCUT2D eigenvalue weighted by atomic mass is 19.1. The number of carbonyl (C=O) groups excluding carboxylic acids is 1. The summed E-state index contributed by atoms with van der Waals surface area (Å²) >= 11 is 0. The van der Waals surface area contributed by atoms with E-state index in [0.717, 1.165) is 47.9 Å². The lowest BCUT2D eigenvalue weighted by Crippen LogP contribution is -2.12. The van der Waals surface area contributed by atoms with E-state index >= 15 is 4.39 Å². The first kappa shape index (κ1) is 31.4. The van der Waals surface area contributed by atoms with Gasteiger partial charge in [-0.05, 0) is 75.5 Å². The zero-order valence-electron chi connectivity index (χ0n) is 24.1. The Balaban J connectivity index is 1.55. The summed E-state index contributed by atoms with van der Waals surface area (Å²) in [5.74, 6) is -0.465. The van der Waals surface area contributed by atoms with Gasteiger partial charge in [-0.15, -0.1) is 0 Å². The molecule has 43 heavy (non-hydrogen) atoms. The number of unbranched alkanes of at least 4 members (excludes halogenated alkanes) is 4. The van der Waals surface area contributed by atoms with Crippen LogP contribution in [0.5, 0.6) is 11.5 Å². The Morgan fingerprint density at radius 1 is 0.721 bits per heavy atom. The van der Waals surface area contributed by atoms with Gasteiger partial charge in [0.2, 0.25) is 0 Å². The van der Waals surface area contributed by atoms with Crippen LogP contribution >= 0.6 is 0 Å². The highest BCUT2D eigenvalue weighted by Crippen LogP contribution is 2.35. The van der Waals surface area contributed by atoms with Gasteiger partial charge in [0.25, 0.3) is 0 Å². The van der Waals surface area contributed by atoms with Crippen LogP contribution in [0.2, 0.25) is 0 Å². The van der Waals surface area contributed by atoms with Crippen molar-refractivity contribution in [3.05, 3.63) is 108 Å². The van der Waals surface area contributed by atoms with Gasteiger partial charge in [-0.3, -0.25) is 4.89 Å². The van der Waals surface area contributed by atoms with Gasteiger partial charge in [0.05, 0.1) is 12.2 Å². The predicted molar refractivity (Wildman–Crippen MR) is 162 cm³/mol. The zero-order chi connectivity index (χ0) is 30.6. The molecular formula is C35H35FO7. The van der Waals surface area contributed by atoms with Crippen molar-refractivity contribution >= 4 is 5.97 Å². The SMILES string of the molecule is C=C(CO)C(=O)OOc1ccc(-c2ccc(-c3ccc(-c4ccc(OOO)cc4)c(F)c3CCCCCCC)cc2)cc1. The molecule has 0 saturated heterocycles. The van der Waals surface area contributed by atoms with E-state index in [4.69, 9.17) is 15.3 Å². The van der Waals surface area contributed by atoms with Crippen molar-refractivity contribution in [1.82, 2.24) is 0 Å². The molecular weight excluding hydrogens is 551 g/mol. The van der Waals surface area contributed by atoms with Crippen LogP contribution < -0.4 is 9.78 Å². The minimum absolute atomic E-state index is 0.107. The summed E-state index contributed by atoms with van der Waals surface area (Å²) < 4.78 is 16.1. The molecule has 0 aliphatic rings. The predicted octanol–water partition coefficient (Wildman–Crippen LogP) is 8.51. The molecule has 8 heteroatoms. The van der Waals surface area contributed by atoms with Crippen LogP contribution in [-0.4, -0.2) is 22.9 Å². The maximum Gasteiger partial charge on any atom is 0.383 e. The van der Waals surface area contributed by atoms with E-state index in [-0.39, 0.29) is 11.4 Å². The molecule has 4 rings (SSSR count). The van der Waals surface area contributed by atoms with E-state index in [1.165, 1.54) is 6.42 Å². The Kier molecular flexibility index (Phi) is 11.4. The second-order valence-electron chi connectivity index (χ2n) is 10.1. The maximum atomic E-state index is 16.1. The molecule has 2 N–H and O–H groups in total. The van der Waals surface area contributed by atoms with E-state index in [9.17, 15) is 4.79 Å². The van der Waals surface area contributed by atoms with Crippen molar-refractivity contribution in [3.8, 4) is 44.9 Å². The molecule has 224 valence electrons. The fourth-order valence-corrected chi connectivity index (χ4v) is 4.75. The summed E-state index contributed by atoms with van der Waals surface area (Å²) in [6.45, 7) is 5.05. The first-order chi connectivity index (χ1) is 20.9. The van der Waals surface area contributed by atoms with Gasteiger partial charge in [-0.2, -0.15) is 0 Å². The molecule has 4 aromatic carbocycles. The van der Waals surface area contributed by atoms with Gasteiger partial charge in [0.1, 0.15) is 5.82 Å². The summed E-state index contributed by atoms with van der Waals surface area (Å²) in [6, 6.07) is 25.3. The fraction of sp³-hybridized carbons (Fsp3) is 0.229. The van der Waals surface area contributed by atoms with Crippen LogP contribution in [0, 0.1) is 5.82 Å². The number of aliphatic hydroxyl groups is 1. The lowest BCUT2D eigenvalue weighted by molar-refractivity contribution is -0.438. The van der Waals surface area contributed by atoms with Crippen LogP contribution in [0.3, 0.4) is 0 Å². The second-order valence-corrected chi connectivity index (χ2v) is 10.1. The Bertz CT molecular complexity index is 1500. The van der Waals surface area contributed by atoms with Crippen LogP contribution in [0.1, 0.15) is 44.6 Å². The van der Waals surface area contributed by atoms with Crippen LogP contribution in [-0.2, 0) is 21.1 Å². The van der Waals surface area contributed by atoms with E-state index in [1.807, 2.05) is 42.5 Å². The summed E-state index contributed by atoms with van der Waals surface area (Å²) in [7, 11) is 0. The molecule has 7 nitrogen and oxygen atoms in total.